The second-order valence-electron chi connectivity index (χ2n) is 8.20. The van der Waals surface area contributed by atoms with Gasteiger partial charge in [0.15, 0.2) is 5.96 Å². The molecule has 1 heterocycles. The summed E-state index contributed by atoms with van der Waals surface area (Å²) < 4.78 is 12.0. The first-order valence-electron chi connectivity index (χ1n) is 9.96. The molecule has 0 radical (unpaired) electrons. The van der Waals surface area contributed by atoms with Crippen LogP contribution < -0.4 is 10.6 Å². The molecule has 2 atom stereocenters. The molecular weight excluding hydrogens is 483 g/mol. The van der Waals surface area contributed by atoms with Crippen LogP contribution in [-0.2, 0) is 10.8 Å². The standard InChI is InChI=1S/C21H36N4OS.HI/c1-17(18-9-7-6-8-10-18)25-14-11-19(12-15-25)24-20(22-5)23-13-16-27(26)21(2,3)4;/h6-10,17,19H,11-16H2,1-5H3,(H2,22,23,24);1H. The van der Waals surface area contributed by atoms with Crippen molar-refractivity contribution < 1.29 is 4.21 Å². The highest BCUT2D eigenvalue weighted by molar-refractivity contribution is 14.0. The van der Waals surface area contributed by atoms with Crippen LogP contribution in [0.5, 0.6) is 0 Å². The van der Waals surface area contributed by atoms with Crippen molar-refractivity contribution in [2.75, 3.05) is 32.4 Å². The molecule has 0 saturated carbocycles. The van der Waals surface area contributed by atoms with E-state index in [4.69, 9.17) is 0 Å². The first kappa shape index (κ1) is 25.4. The first-order valence-corrected chi connectivity index (χ1v) is 11.3. The molecule has 0 aliphatic carbocycles. The average Bonchev–Trinajstić information content (AvgIpc) is 2.67. The quantitative estimate of drug-likeness (QED) is 0.342. The zero-order valence-electron chi connectivity index (χ0n) is 17.9. The first-order chi connectivity index (χ1) is 12.8. The number of benzene rings is 1. The lowest BCUT2D eigenvalue weighted by molar-refractivity contribution is 0.158. The third-order valence-electron chi connectivity index (χ3n) is 5.19. The lowest BCUT2D eigenvalue weighted by Gasteiger charge is -2.37. The van der Waals surface area contributed by atoms with Gasteiger partial charge in [-0.25, -0.2) is 0 Å². The monoisotopic (exact) mass is 520 g/mol. The van der Waals surface area contributed by atoms with Gasteiger partial charge in [-0.15, -0.1) is 24.0 Å². The van der Waals surface area contributed by atoms with Crippen LogP contribution >= 0.6 is 24.0 Å². The molecule has 160 valence electrons. The highest BCUT2D eigenvalue weighted by Crippen LogP contribution is 2.23. The van der Waals surface area contributed by atoms with Crippen molar-refractivity contribution in [2.24, 2.45) is 4.99 Å². The number of rotatable bonds is 6. The highest BCUT2D eigenvalue weighted by atomic mass is 127. The maximum absolute atomic E-state index is 12.1. The Morgan fingerprint density at radius 2 is 1.86 bits per heavy atom. The molecule has 0 amide bonds. The fraction of sp³-hybridized carbons (Fsp3) is 0.667. The Morgan fingerprint density at radius 1 is 1.25 bits per heavy atom. The van der Waals surface area contributed by atoms with Gasteiger partial charge in [-0.2, -0.15) is 0 Å². The molecule has 1 aliphatic rings. The van der Waals surface area contributed by atoms with Crippen molar-refractivity contribution in [3.8, 4) is 0 Å². The predicted octanol–water partition coefficient (Wildman–Crippen LogP) is 3.54. The molecular formula is C21H37IN4OS. The summed E-state index contributed by atoms with van der Waals surface area (Å²) in [7, 11) is 0.952. The van der Waals surface area contributed by atoms with Gasteiger partial charge in [-0.05, 0) is 46.1 Å². The largest absolute Gasteiger partial charge is 0.355 e. The SMILES string of the molecule is CN=C(NCCS(=O)C(C)(C)C)NC1CCN(C(C)c2ccccc2)CC1.I. The average molecular weight is 521 g/mol. The molecule has 1 aliphatic heterocycles. The Labute approximate surface area is 190 Å². The van der Waals surface area contributed by atoms with Gasteiger partial charge < -0.3 is 10.6 Å². The van der Waals surface area contributed by atoms with Gasteiger partial charge in [0.05, 0.1) is 0 Å². The molecule has 1 fully saturated rings. The van der Waals surface area contributed by atoms with Gasteiger partial charge in [-0.3, -0.25) is 14.1 Å². The fourth-order valence-electron chi connectivity index (χ4n) is 3.33. The van der Waals surface area contributed by atoms with E-state index in [0.29, 0.717) is 24.4 Å². The van der Waals surface area contributed by atoms with E-state index < -0.39 is 10.8 Å². The zero-order valence-corrected chi connectivity index (χ0v) is 21.1. The Morgan fingerprint density at radius 3 is 2.39 bits per heavy atom. The molecule has 2 rings (SSSR count). The van der Waals surface area contributed by atoms with Crippen molar-refractivity contribution >= 4 is 40.7 Å². The number of nitrogens with one attached hydrogen (secondary N) is 2. The van der Waals surface area contributed by atoms with Crippen LogP contribution in [0.25, 0.3) is 0 Å². The Bertz CT molecular complexity index is 625. The van der Waals surface area contributed by atoms with Gasteiger partial charge in [0, 0.05) is 60.1 Å². The van der Waals surface area contributed by atoms with E-state index in [1.54, 1.807) is 7.05 Å². The van der Waals surface area contributed by atoms with Crippen molar-refractivity contribution in [2.45, 2.75) is 57.4 Å². The molecule has 0 spiro atoms. The van der Waals surface area contributed by atoms with Crippen molar-refractivity contribution in [1.82, 2.24) is 15.5 Å². The fourth-order valence-corrected chi connectivity index (χ4v) is 4.23. The number of hydrogen-bond acceptors (Lipinski definition) is 3. The molecule has 5 nitrogen and oxygen atoms in total. The van der Waals surface area contributed by atoms with E-state index in [1.165, 1.54) is 5.56 Å². The van der Waals surface area contributed by atoms with Crippen LogP contribution in [0.4, 0.5) is 0 Å². The molecule has 0 bridgehead atoms. The second kappa shape index (κ2) is 12.1. The topological polar surface area (TPSA) is 56.7 Å². The van der Waals surface area contributed by atoms with Crippen LogP contribution in [-0.4, -0.2) is 58.3 Å². The summed E-state index contributed by atoms with van der Waals surface area (Å²) in [6.45, 7) is 11.2. The number of halogens is 1. The van der Waals surface area contributed by atoms with E-state index in [9.17, 15) is 4.21 Å². The maximum Gasteiger partial charge on any atom is 0.191 e. The smallest absolute Gasteiger partial charge is 0.191 e. The molecule has 2 N–H and O–H groups in total. The molecule has 28 heavy (non-hydrogen) atoms. The van der Waals surface area contributed by atoms with Crippen LogP contribution in [0.2, 0.25) is 0 Å². The predicted molar refractivity (Wildman–Crippen MR) is 132 cm³/mol. The summed E-state index contributed by atoms with van der Waals surface area (Å²) in [5.74, 6) is 1.45. The molecule has 1 aromatic carbocycles. The summed E-state index contributed by atoms with van der Waals surface area (Å²) in [5, 5.41) is 6.84. The Kier molecular flexibility index (Phi) is 11.0. The summed E-state index contributed by atoms with van der Waals surface area (Å²) >= 11 is 0. The van der Waals surface area contributed by atoms with Gasteiger partial charge in [-0.1, -0.05) is 30.3 Å². The summed E-state index contributed by atoms with van der Waals surface area (Å²) in [5.41, 5.74) is 1.38. The van der Waals surface area contributed by atoms with Crippen molar-refractivity contribution in [3.05, 3.63) is 35.9 Å². The maximum atomic E-state index is 12.1. The number of nitrogens with zero attached hydrogens (tertiary/aromatic N) is 2. The number of likely N-dealkylation sites (tertiary alicyclic amines) is 1. The van der Waals surface area contributed by atoms with Gasteiger partial charge in [0.2, 0.25) is 0 Å². The normalized spacial score (nSPS) is 18.8. The van der Waals surface area contributed by atoms with Crippen LogP contribution in [0.3, 0.4) is 0 Å². The summed E-state index contributed by atoms with van der Waals surface area (Å²) in [6.07, 6.45) is 2.21. The lowest BCUT2D eigenvalue weighted by atomic mass is 10.0. The number of hydrogen-bond donors (Lipinski definition) is 2. The van der Waals surface area contributed by atoms with Crippen LogP contribution in [0.1, 0.15) is 52.1 Å². The Balaban J connectivity index is 0.00000392. The van der Waals surface area contributed by atoms with Gasteiger partial charge in [0.25, 0.3) is 0 Å². The summed E-state index contributed by atoms with van der Waals surface area (Å²) in [4.78, 5) is 6.88. The van der Waals surface area contributed by atoms with E-state index >= 15 is 0 Å². The van der Waals surface area contributed by atoms with Crippen molar-refractivity contribution in [3.63, 3.8) is 0 Å². The van der Waals surface area contributed by atoms with Crippen LogP contribution in [0.15, 0.2) is 35.3 Å². The van der Waals surface area contributed by atoms with Gasteiger partial charge in [0.1, 0.15) is 0 Å². The highest BCUT2D eigenvalue weighted by Gasteiger charge is 2.24. The molecule has 7 heteroatoms. The lowest BCUT2D eigenvalue weighted by Crippen LogP contribution is -2.49. The number of guanidine groups is 1. The minimum Gasteiger partial charge on any atom is -0.355 e. The number of aliphatic imine (C=N–C) groups is 1. The Hall–Kier alpha value is -0.670. The van der Waals surface area contributed by atoms with E-state index in [2.05, 4.69) is 57.8 Å². The zero-order chi connectivity index (χ0) is 19.9. The molecule has 1 saturated heterocycles. The van der Waals surface area contributed by atoms with E-state index in [-0.39, 0.29) is 28.7 Å². The number of piperidine rings is 1. The van der Waals surface area contributed by atoms with Gasteiger partial charge >= 0.3 is 0 Å². The third kappa shape index (κ3) is 7.99. The van der Waals surface area contributed by atoms with Crippen molar-refractivity contribution in [1.29, 1.82) is 0 Å². The minimum atomic E-state index is -0.843. The van der Waals surface area contributed by atoms with E-state index in [0.717, 1.165) is 31.9 Å². The molecule has 0 aromatic heterocycles. The molecule has 1 aromatic rings. The molecule has 2 unspecified atom stereocenters. The minimum absolute atomic E-state index is 0. The summed E-state index contributed by atoms with van der Waals surface area (Å²) in [6, 6.07) is 11.6. The third-order valence-corrected chi connectivity index (χ3v) is 7.13. The van der Waals surface area contributed by atoms with E-state index in [1.807, 2.05) is 20.8 Å². The van der Waals surface area contributed by atoms with Crippen LogP contribution in [0, 0.1) is 0 Å². The second-order valence-corrected chi connectivity index (χ2v) is 10.5.